The van der Waals surface area contributed by atoms with Crippen molar-refractivity contribution < 1.29 is 19.1 Å². The highest BCUT2D eigenvalue weighted by Gasteiger charge is 2.38. The summed E-state index contributed by atoms with van der Waals surface area (Å²) in [6.07, 6.45) is 3.72. The highest BCUT2D eigenvalue weighted by molar-refractivity contribution is 7.17. The molecule has 3 aliphatic rings. The van der Waals surface area contributed by atoms with Crippen LogP contribution in [0.2, 0.25) is 0 Å². The molecule has 4 heterocycles. The number of urea groups is 1. The molecule has 0 spiro atoms. The van der Waals surface area contributed by atoms with E-state index in [9.17, 15) is 14.4 Å². The number of likely N-dealkylation sites (tertiary alicyclic amines) is 1. The fraction of sp³-hybridized carbons (Fsp3) is 0.407. The summed E-state index contributed by atoms with van der Waals surface area (Å²) in [4.78, 5) is 42.9. The summed E-state index contributed by atoms with van der Waals surface area (Å²) < 4.78 is 5.42. The lowest BCUT2D eigenvalue weighted by Gasteiger charge is -2.36. The second kappa shape index (κ2) is 10.9. The van der Waals surface area contributed by atoms with Crippen molar-refractivity contribution in [1.82, 2.24) is 25.4 Å². The van der Waals surface area contributed by atoms with E-state index >= 15 is 0 Å². The second-order valence-corrected chi connectivity index (χ2v) is 11.0. The van der Waals surface area contributed by atoms with Crippen molar-refractivity contribution in [3.05, 3.63) is 46.3 Å². The van der Waals surface area contributed by atoms with Crippen LogP contribution in [-0.4, -0.2) is 90.3 Å². The number of primary amides is 1. The average Bonchev–Trinajstić information content (AvgIpc) is 3.67. The number of carbonyl (C=O) groups excluding carboxylic acids is 3. The molecule has 11 nitrogen and oxygen atoms in total. The van der Waals surface area contributed by atoms with Crippen molar-refractivity contribution in [2.24, 2.45) is 5.73 Å². The van der Waals surface area contributed by atoms with E-state index in [1.165, 1.54) is 35.6 Å². The van der Waals surface area contributed by atoms with Gasteiger partial charge in [0, 0.05) is 31.7 Å². The van der Waals surface area contributed by atoms with E-state index in [1.807, 2.05) is 12.1 Å². The van der Waals surface area contributed by atoms with Gasteiger partial charge in [-0.05, 0) is 44.1 Å². The summed E-state index contributed by atoms with van der Waals surface area (Å²) in [5.74, 6) is -0.362. The van der Waals surface area contributed by atoms with Gasteiger partial charge in [-0.25, -0.2) is 14.8 Å². The number of hydrogen-bond acceptors (Lipinski definition) is 8. The molecule has 204 valence electrons. The van der Waals surface area contributed by atoms with Crippen LogP contribution < -0.4 is 16.1 Å². The number of rotatable bonds is 7. The molecule has 2 fully saturated rings. The molecule has 2 aromatic heterocycles. The fourth-order valence-corrected chi connectivity index (χ4v) is 6.49. The van der Waals surface area contributed by atoms with Crippen LogP contribution in [0.1, 0.15) is 44.9 Å². The van der Waals surface area contributed by atoms with Crippen LogP contribution in [0.5, 0.6) is 0 Å². The van der Waals surface area contributed by atoms with Crippen molar-refractivity contribution in [2.45, 2.75) is 19.3 Å². The number of benzene rings is 1. The molecular weight excluding hydrogens is 518 g/mol. The number of hydrazine groups is 1. The average molecular weight is 550 g/mol. The molecule has 2 aliphatic heterocycles. The number of fused-ring (bicyclic) bond motifs is 3. The van der Waals surface area contributed by atoms with Crippen molar-refractivity contribution in [2.75, 3.05) is 57.5 Å². The van der Waals surface area contributed by atoms with Gasteiger partial charge in [0.1, 0.15) is 5.69 Å². The molecule has 39 heavy (non-hydrogen) atoms. The Bertz CT molecular complexity index is 1400. The van der Waals surface area contributed by atoms with Gasteiger partial charge in [-0.2, -0.15) is 5.10 Å². The Morgan fingerprint density at radius 1 is 1.08 bits per heavy atom. The molecular formula is C27H31N7O4S. The van der Waals surface area contributed by atoms with Crippen molar-refractivity contribution in [3.63, 3.8) is 0 Å². The lowest BCUT2D eigenvalue weighted by molar-refractivity contribution is 0.0364. The minimum absolute atomic E-state index is 0.126. The van der Waals surface area contributed by atoms with Crippen molar-refractivity contribution in [3.8, 4) is 21.8 Å². The number of nitrogens with zero attached hydrogens (tertiary/aromatic N) is 4. The third kappa shape index (κ3) is 4.84. The number of ether oxygens (including phenoxy) is 1. The zero-order chi connectivity index (χ0) is 26.9. The minimum atomic E-state index is -0.668. The van der Waals surface area contributed by atoms with Gasteiger partial charge >= 0.3 is 6.03 Å². The number of carbonyl (C=O) groups is 3. The minimum Gasteiger partial charge on any atom is -0.379 e. The highest BCUT2D eigenvalue weighted by Crippen LogP contribution is 2.45. The Morgan fingerprint density at radius 2 is 1.87 bits per heavy atom. The number of morpholine rings is 1. The number of H-pyrrole nitrogens is 1. The third-order valence-corrected chi connectivity index (χ3v) is 8.57. The molecule has 6 rings (SSSR count). The van der Waals surface area contributed by atoms with Crippen LogP contribution in [0.15, 0.2) is 30.3 Å². The standard InChI is InChI=1S/C27H31N7O4S/c28-27(37)34(33-13-15-38-16-14-33)18-6-4-5-17-21(18)25(35)22-23(17)30-31-24(22)19-7-8-20(39-19)26(36)29-9-12-32-10-2-1-3-11-32/h4-8H,1-3,9-16H2,(H2,28,37)(H,29,36)(H,30,31). The number of anilines is 1. The zero-order valence-electron chi connectivity index (χ0n) is 21.6. The Labute approximate surface area is 229 Å². The molecule has 2 saturated heterocycles. The van der Waals surface area contributed by atoms with Crippen LogP contribution >= 0.6 is 11.3 Å². The first-order valence-electron chi connectivity index (χ1n) is 13.3. The number of amides is 3. The summed E-state index contributed by atoms with van der Waals surface area (Å²) in [6.45, 7) is 5.51. The van der Waals surface area contributed by atoms with E-state index in [1.54, 1.807) is 23.2 Å². The number of ketones is 1. The van der Waals surface area contributed by atoms with E-state index < -0.39 is 6.03 Å². The Balaban J connectivity index is 1.23. The Hall–Kier alpha value is -3.58. The Kier molecular flexibility index (Phi) is 7.17. The van der Waals surface area contributed by atoms with Crippen LogP contribution in [0.3, 0.4) is 0 Å². The smallest absolute Gasteiger partial charge is 0.334 e. The quantitative estimate of drug-likeness (QED) is 0.322. The van der Waals surface area contributed by atoms with Crippen LogP contribution in [0.4, 0.5) is 10.5 Å². The summed E-state index contributed by atoms with van der Waals surface area (Å²) in [7, 11) is 0. The van der Waals surface area contributed by atoms with E-state index in [2.05, 4.69) is 20.4 Å². The van der Waals surface area contributed by atoms with Gasteiger partial charge in [0.05, 0.1) is 45.5 Å². The van der Waals surface area contributed by atoms with Gasteiger partial charge in [-0.15, -0.1) is 11.3 Å². The van der Waals surface area contributed by atoms with Gasteiger partial charge in [-0.1, -0.05) is 18.6 Å². The van der Waals surface area contributed by atoms with Gasteiger partial charge in [0.2, 0.25) is 0 Å². The van der Waals surface area contributed by atoms with E-state index in [0.717, 1.165) is 24.5 Å². The maximum absolute atomic E-state index is 13.8. The van der Waals surface area contributed by atoms with E-state index in [-0.39, 0.29) is 11.7 Å². The van der Waals surface area contributed by atoms with Gasteiger partial charge in [0.15, 0.2) is 5.78 Å². The number of aromatic amines is 1. The van der Waals surface area contributed by atoms with Crippen LogP contribution in [0, 0.1) is 0 Å². The number of thiophene rings is 1. The predicted molar refractivity (Wildman–Crippen MR) is 148 cm³/mol. The molecule has 3 aromatic rings. The molecule has 12 heteroatoms. The van der Waals surface area contributed by atoms with E-state index in [0.29, 0.717) is 71.5 Å². The molecule has 1 aromatic carbocycles. The zero-order valence-corrected chi connectivity index (χ0v) is 22.4. The Morgan fingerprint density at radius 3 is 2.64 bits per heavy atom. The molecule has 1 aliphatic carbocycles. The summed E-state index contributed by atoms with van der Waals surface area (Å²) in [6, 6.07) is 8.27. The predicted octanol–water partition coefficient (Wildman–Crippen LogP) is 2.70. The first-order valence-corrected chi connectivity index (χ1v) is 14.1. The second-order valence-electron chi connectivity index (χ2n) is 9.89. The molecule has 0 saturated carbocycles. The third-order valence-electron chi connectivity index (χ3n) is 7.46. The molecule has 3 amide bonds. The largest absolute Gasteiger partial charge is 0.379 e. The van der Waals surface area contributed by atoms with Crippen LogP contribution in [-0.2, 0) is 4.74 Å². The van der Waals surface area contributed by atoms with Crippen molar-refractivity contribution >= 4 is 34.7 Å². The van der Waals surface area contributed by atoms with Gasteiger partial charge < -0.3 is 20.7 Å². The summed E-state index contributed by atoms with van der Waals surface area (Å²) >= 11 is 1.31. The normalized spacial score (nSPS) is 17.6. The number of aromatic nitrogens is 2. The fourth-order valence-electron chi connectivity index (χ4n) is 5.57. The summed E-state index contributed by atoms with van der Waals surface area (Å²) in [5, 5.41) is 13.7. The van der Waals surface area contributed by atoms with Gasteiger partial charge in [0.25, 0.3) is 5.91 Å². The first-order chi connectivity index (χ1) is 19.0. The molecule has 0 atom stereocenters. The summed E-state index contributed by atoms with van der Waals surface area (Å²) in [5.41, 5.74) is 8.76. The van der Waals surface area contributed by atoms with Gasteiger partial charge in [-0.3, -0.25) is 14.7 Å². The maximum atomic E-state index is 13.8. The lowest BCUT2D eigenvalue weighted by Crippen LogP contribution is -2.54. The SMILES string of the molecule is NC(=O)N(c1cccc2c1C(=O)c1c-2n[nH]c1-c1ccc(C(=O)NCCN2CCCCC2)s1)N1CCOCC1. The molecule has 0 radical (unpaired) electrons. The first kappa shape index (κ1) is 25.7. The van der Waals surface area contributed by atoms with Crippen LogP contribution in [0.25, 0.3) is 21.8 Å². The molecule has 0 bridgehead atoms. The monoisotopic (exact) mass is 549 g/mol. The highest BCUT2D eigenvalue weighted by atomic mass is 32.1. The molecule has 4 N–H and O–H groups in total. The molecule has 0 unspecified atom stereocenters. The number of hydrogen-bond donors (Lipinski definition) is 3. The van der Waals surface area contributed by atoms with E-state index in [4.69, 9.17) is 10.5 Å². The number of nitrogens with two attached hydrogens (primary N) is 1. The number of piperidine rings is 1. The lowest BCUT2D eigenvalue weighted by atomic mass is 10.1. The van der Waals surface area contributed by atoms with Crippen molar-refractivity contribution in [1.29, 1.82) is 0 Å². The maximum Gasteiger partial charge on any atom is 0.334 e. The number of nitrogens with one attached hydrogen (secondary N) is 2. The topological polar surface area (TPSA) is 137 Å².